The van der Waals surface area contributed by atoms with Gasteiger partial charge in [-0.2, -0.15) is 5.10 Å². The minimum atomic E-state index is -0.265. The summed E-state index contributed by atoms with van der Waals surface area (Å²) >= 11 is 3.46. The monoisotopic (exact) mass is 399 g/mol. The Morgan fingerprint density at radius 2 is 2.08 bits per heavy atom. The van der Waals surface area contributed by atoms with Crippen LogP contribution >= 0.6 is 15.9 Å². The maximum Gasteiger partial charge on any atom is 0.271 e. The molecule has 128 valence electrons. The van der Waals surface area contributed by atoms with Gasteiger partial charge in [0.25, 0.3) is 5.91 Å². The van der Waals surface area contributed by atoms with Gasteiger partial charge in [0, 0.05) is 32.7 Å². The van der Waals surface area contributed by atoms with Crippen LogP contribution in [0.5, 0.6) is 5.75 Å². The Morgan fingerprint density at radius 1 is 1.28 bits per heavy atom. The predicted octanol–water partition coefficient (Wildman–Crippen LogP) is 4.48. The minimum absolute atomic E-state index is 0.265. The second-order valence-electron chi connectivity index (χ2n) is 5.51. The summed E-state index contributed by atoms with van der Waals surface area (Å²) in [7, 11) is 0. The summed E-state index contributed by atoms with van der Waals surface area (Å²) in [5.74, 6) is 0.491. The predicted molar refractivity (Wildman–Crippen MR) is 103 cm³/mol. The number of aromatic nitrogens is 1. The van der Waals surface area contributed by atoms with Crippen LogP contribution in [0.15, 0.2) is 58.2 Å². The number of halogens is 1. The van der Waals surface area contributed by atoms with Crippen LogP contribution in [0.25, 0.3) is 10.9 Å². The standard InChI is InChI=1S/C19H18BrN3O2/c1-2-9-25-16-6-3-13(4-7-16)19(24)23-22-12-14-11-21-18-8-5-15(20)10-17(14)18/h3-8,10-12,21H,2,9H2,1H3,(H,23,24)/b22-12-. The van der Waals surface area contributed by atoms with Gasteiger partial charge in [-0.3, -0.25) is 4.79 Å². The van der Waals surface area contributed by atoms with E-state index >= 15 is 0 Å². The third kappa shape index (κ3) is 4.28. The van der Waals surface area contributed by atoms with Crippen LogP contribution in [0.4, 0.5) is 0 Å². The molecule has 1 heterocycles. The topological polar surface area (TPSA) is 66.5 Å². The molecule has 2 aromatic carbocycles. The van der Waals surface area contributed by atoms with Gasteiger partial charge in [-0.15, -0.1) is 0 Å². The van der Waals surface area contributed by atoms with E-state index in [0.717, 1.165) is 33.1 Å². The Hall–Kier alpha value is -2.60. The lowest BCUT2D eigenvalue weighted by molar-refractivity contribution is 0.0955. The number of nitrogens with one attached hydrogen (secondary N) is 2. The number of nitrogens with zero attached hydrogens (tertiary/aromatic N) is 1. The van der Waals surface area contributed by atoms with Crippen molar-refractivity contribution < 1.29 is 9.53 Å². The number of ether oxygens (including phenoxy) is 1. The van der Waals surface area contributed by atoms with Crippen LogP contribution in [-0.4, -0.2) is 23.7 Å². The van der Waals surface area contributed by atoms with Crippen molar-refractivity contribution >= 4 is 39.0 Å². The van der Waals surface area contributed by atoms with Crippen molar-refractivity contribution in [3.05, 3.63) is 64.3 Å². The maximum absolute atomic E-state index is 12.1. The average Bonchev–Trinajstić information content (AvgIpc) is 3.02. The molecule has 2 N–H and O–H groups in total. The first-order chi connectivity index (χ1) is 12.2. The Morgan fingerprint density at radius 3 is 2.84 bits per heavy atom. The lowest BCUT2D eigenvalue weighted by Gasteiger charge is -2.05. The Kier molecular flexibility index (Phi) is 5.50. The van der Waals surface area contributed by atoms with E-state index in [9.17, 15) is 4.79 Å². The fourth-order valence-electron chi connectivity index (χ4n) is 2.37. The summed E-state index contributed by atoms with van der Waals surface area (Å²) in [4.78, 5) is 15.3. The van der Waals surface area contributed by atoms with Crippen molar-refractivity contribution in [2.75, 3.05) is 6.61 Å². The molecular weight excluding hydrogens is 382 g/mol. The number of H-pyrrole nitrogens is 1. The van der Waals surface area contributed by atoms with Gasteiger partial charge < -0.3 is 9.72 Å². The highest BCUT2D eigenvalue weighted by atomic mass is 79.9. The lowest BCUT2D eigenvalue weighted by Crippen LogP contribution is -2.17. The zero-order chi connectivity index (χ0) is 17.6. The number of carbonyl (C=O) groups is 1. The Bertz CT molecular complexity index is 901. The van der Waals surface area contributed by atoms with Gasteiger partial charge >= 0.3 is 0 Å². The number of carbonyl (C=O) groups excluding carboxylic acids is 1. The summed E-state index contributed by atoms with van der Waals surface area (Å²) in [6.45, 7) is 2.71. The van der Waals surface area contributed by atoms with E-state index in [1.54, 1.807) is 30.5 Å². The molecule has 25 heavy (non-hydrogen) atoms. The molecule has 0 bridgehead atoms. The number of rotatable bonds is 6. The number of benzene rings is 2. The second kappa shape index (κ2) is 7.98. The van der Waals surface area contributed by atoms with Gasteiger partial charge in [-0.05, 0) is 48.9 Å². The zero-order valence-corrected chi connectivity index (χ0v) is 15.3. The van der Waals surface area contributed by atoms with Crippen molar-refractivity contribution in [1.82, 2.24) is 10.4 Å². The molecule has 0 atom stereocenters. The van der Waals surface area contributed by atoms with E-state index in [2.05, 4.69) is 31.4 Å². The minimum Gasteiger partial charge on any atom is -0.494 e. The second-order valence-corrected chi connectivity index (χ2v) is 6.42. The molecule has 0 fully saturated rings. The van der Waals surface area contributed by atoms with E-state index in [4.69, 9.17) is 4.74 Å². The molecule has 1 amide bonds. The summed E-state index contributed by atoms with van der Waals surface area (Å²) in [5.41, 5.74) is 4.99. The summed E-state index contributed by atoms with van der Waals surface area (Å²) in [5, 5.41) is 5.08. The fraction of sp³-hybridized carbons (Fsp3) is 0.158. The van der Waals surface area contributed by atoms with Gasteiger partial charge in [0.2, 0.25) is 0 Å². The number of hydrogen-bond acceptors (Lipinski definition) is 3. The van der Waals surface area contributed by atoms with E-state index in [-0.39, 0.29) is 5.91 Å². The molecule has 0 aliphatic heterocycles. The molecule has 0 aliphatic carbocycles. The zero-order valence-electron chi connectivity index (χ0n) is 13.8. The SMILES string of the molecule is CCCOc1ccc(C(=O)N/N=C\c2c[nH]c3ccc(Br)cc23)cc1. The van der Waals surface area contributed by atoms with E-state index in [1.165, 1.54) is 0 Å². The smallest absolute Gasteiger partial charge is 0.271 e. The molecule has 6 heteroatoms. The first kappa shape index (κ1) is 17.2. The third-order valence-corrected chi connectivity index (χ3v) is 4.13. The van der Waals surface area contributed by atoms with Crippen molar-refractivity contribution in [3.63, 3.8) is 0 Å². The largest absolute Gasteiger partial charge is 0.494 e. The molecular formula is C19H18BrN3O2. The Balaban J connectivity index is 1.64. The quantitative estimate of drug-likeness (QED) is 0.473. The molecule has 3 aromatic rings. The molecule has 0 aliphatic rings. The van der Waals surface area contributed by atoms with E-state index in [1.807, 2.05) is 31.3 Å². The summed E-state index contributed by atoms with van der Waals surface area (Å²) in [6.07, 6.45) is 4.43. The molecule has 1 aromatic heterocycles. The van der Waals surface area contributed by atoms with Crippen LogP contribution in [0.2, 0.25) is 0 Å². The van der Waals surface area contributed by atoms with Gasteiger partial charge in [-0.25, -0.2) is 5.43 Å². The van der Waals surface area contributed by atoms with Crippen molar-refractivity contribution in [3.8, 4) is 5.75 Å². The van der Waals surface area contributed by atoms with Crippen LogP contribution in [-0.2, 0) is 0 Å². The van der Waals surface area contributed by atoms with Crippen molar-refractivity contribution in [2.45, 2.75) is 13.3 Å². The molecule has 3 rings (SSSR count). The number of hydrazone groups is 1. The highest BCUT2D eigenvalue weighted by molar-refractivity contribution is 9.10. The summed E-state index contributed by atoms with van der Waals surface area (Å²) in [6, 6.07) is 13.0. The molecule has 0 radical (unpaired) electrons. The van der Waals surface area contributed by atoms with E-state index < -0.39 is 0 Å². The number of aromatic amines is 1. The number of fused-ring (bicyclic) bond motifs is 1. The van der Waals surface area contributed by atoms with Crippen molar-refractivity contribution in [2.24, 2.45) is 5.10 Å². The van der Waals surface area contributed by atoms with Crippen LogP contribution < -0.4 is 10.2 Å². The number of amides is 1. The maximum atomic E-state index is 12.1. The molecule has 5 nitrogen and oxygen atoms in total. The molecule has 0 spiro atoms. The normalized spacial score (nSPS) is 11.1. The third-order valence-electron chi connectivity index (χ3n) is 3.63. The van der Waals surface area contributed by atoms with Crippen LogP contribution in [0.1, 0.15) is 29.3 Å². The van der Waals surface area contributed by atoms with Gasteiger partial charge in [-0.1, -0.05) is 22.9 Å². The first-order valence-corrected chi connectivity index (χ1v) is 8.79. The van der Waals surface area contributed by atoms with Gasteiger partial charge in [0.15, 0.2) is 0 Å². The number of hydrogen-bond donors (Lipinski definition) is 2. The Labute approximate surface area is 154 Å². The van der Waals surface area contributed by atoms with Gasteiger partial charge in [0.05, 0.1) is 12.8 Å². The average molecular weight is 400 g/mol. The summed E-state index contributed by atoms with van der Waals surface area (Å²) < 4.78 is 6.49. The van der Waals surface area contributed by atoms with Gasteiger partial charge in [0.1, 0.15) is 5.75 Å². The first-order valence-electron chi connectivity index (χ1n) is 8.00. The van der Waals surface area contributed by atoms with Crippen LogP contribution in [0.3, 0.4) is 0 Å². The highest BCUT2D eigenvalue weighted by Gasteiger charge is 2.05. The molecule has 0 unspecified atom stereocenters. The van der Waals surface area contributed by atoms with E-state index in [0.29, 0.717) is 12.2 Å². The lowest BCUT2D eigenvalue weighted by atomic mass is 10.2. The molecule has 0 saturated heterocycles. The van der Waals surface area contributed by atoms with Crippen LogP contribution in [0, 0.1) is 0 Å². The molecule has 0 saturated carbocycles. The fourth-order valence-corrected chi connectivity index (χ4v) is 2.73. The highest BCUT2D eigenvalue weighted by Crippen LogP contribution is 2.21. The van der Waals surface area contributed by atoms with Crippen molar-refractivity contribution in [1.29, 1.82) is 0 Å².